The highest BCUT2D eigenvalue weighted by Gasteiger charge is 2.21. The number of pyridine rings is 1. The van der Waals surface area contributed by atoms with Gasteiger partial charge >= 0.3 is 6.01 Å². The summed E-state index contributed by atoms with van der Waals surface area (Å²) < 4.78 is 5.16. The molecule has 0 saturated carbocycles. The number of aryl methyl sites for hydroxylation is 1. The van der Waals surface area contributed by atoms with Crippen LogP contribution in [0.5, 0.6) is 6.01 Å². The number of fused-ring (bicyclic) bond motifs is 2. The fraction of sp³-hybridized carbons (Fsp3) is 0.278. The van der Waals surface area contributed by atoms with E-state index in [9.17, 15) is 0 Å². The normalized spacial score (nSPS) is 13.9. The maximum absolute atomic E-state index is 5.16. The summed E-state index contributed by atoms with van der Waals surface area (Å²) in [5.41, 5.74) is 4.53. The van der Waals surface area contributed by atoms with Crippen molar-refractivity contribution in [2.45, 2.75) is 19.9 Å². The van der Waals surface area contributed by atoms with E-state index < -0.39 is 0 Å². The predicted molar refractivity (Wildman–Crippen MR) is 89.8 cm³/mol. The van der Waals surface area contributed by atoms with Crippen LogP contribution < -0.4 is 9.64 Å². The zero-order valence-electron chi connectivity index (χ0n) is 13.3. The maximum atomic E-state index is 5.16. The van der Waals surface area contributed by atoms with Crippen molar-refractivity contribution in [2.75, 3.05) is 18.6 Å². The molecule has 4 rings (SSSR count). The summed E-state index contributed by atoms with van der Waals surface area (Å²) in [6.07, 6.45) is 4.69. The summed E-state index contributed by atoms with van der Waals surface area (Å²) in [5.74, 6) is 0. The summed E-state index contributed by atoms with van der Waals surface area (Å²) >= 11 is 0. The van der Waals surface area contributed by atoms with Gasteiger partial charge in [0.05, 0.1) is 19.3 Å². The molecule has 0 bridgehead atoms. The van der Waals surface area contributed by atoms with E-state index in [0.29, 0.717) is 6.01 Å². The highest BCUT2D eigenvalue weighted by molar-refractivity contribution is 5.96. The molecule has 1 aromatic carbocycles. The van der Waals surface area contributed by atoms with E-state index in [1.54, 1.807) is 7.11 Å². The lowest BCUT2D eigenvalue weighted by atomic mass is 10.0. The zero-order chi connectivity index (χ0) is 15.8. The molecule has 116 valence electrons. The fourth-order valence-corrected chi connectivity index (χ4v) is 3.24. The number of ether oxygens (including phenoxy) is 1. The number of anilines is 1. The minimum atomic E-state index is 0.432. The number of hydrogen-bond acceptors (Lipinski definition) is 5. The third kappa shape index (κ3) is 2.38. The molecule has 0 amide bonds. The third-order valence-electron chi connectivity index (χ3n) is 4.41. The van der Waals surface area contributed by atoms with Crippen molar-refractivity contribution in [3.63, 3.8) is 0 Å². The average molecular weight is 306 g/mol. The molecule has 5 nitrogen and oxygen atoms in total. The molecule has 0 unspecified atom stereocenters. The van der Waals surface area contributed by atoms with Gasteiger partial charge in [0.2, 0.25) is 0 Å². The fourth-order valence-electron chi connectivity index (χ4n) is 3.24. The minimum Gasteiger partial charge on any atom is -0.467 e. The van der Waals surface area contributed by atoms with Crippen molar-refractivity contribution >= 4 is 16.5 Å². The van der Waals surface area contributed by atoms with Crippen LogP contribution in [0.4, 0.5) is 5.69 Å². The minimum absolute atomic E-state index is 0.432. The number of hydrogen-bond donors (Lipinski definition) is 0. The number of aromatic nitrogens is 3. The number of methoxy groups -OCH3 is 1. The van der Waals surface area contributed by atoms with Crippen LogP contribution in [0.3, 0.4) is 0 Å². The summed E-state index contributed by atoms with van der Waals surface area (Å²) in [6, 6.07) is 8.90. The van der Waals surface area contributed by atoms with Crippen LogP contribution in [0.1, 0.15) is 17.0 Å². The van der Waals surface area contributed by atoms with Crippen molar-refractivity contribution in [3.05, 3.63) is 53.6 Å². The predicted octanol–water partition coefficient (Wildman–Crippen LogP) is 2.90. The van der Waals surface area contributed by atoms with Gasteiger partial charge in [-0.2, -0.15) is 4.98 Å². The molecule has 3 aromatic rings. The molecule has 0 aliphatic carbocycles. The van der Waals surface area contributed by atoms with Crippen molar-refractivity contribution in [1.29, 1.82) is 0 Å². The molecule has 3 heterocycles. The largest absolute Gasteiger partial charge is 0.467 e. The lowest BCUT2D eigenvalue weighted by Gasteiger charge is -2.31. The topological polar surface area (TPSA) is 51.1 Å². The van der Waals surface area contributed by atoms with Crippen molar-refractivity contribution in [3.8, 4) is 6.01 Å². The van der Waals surface area contributed by atoms with Crippen LogP contribution >= 0.6 is 0 Å². The van der Waals surface area contributed by atoms with Crippen LogP contribution in [-0.4, -0.2) is 28.6 Å². The SMILES string of the molecule is COc1ncc2c(n1)CN(c1cccc3ccnc(C)c13)CC2. The average Bonchev–Trinajstić information content (AvgIpc) is 2.60. The first-order valence-corrected chi connectivity index (χ1v) is 7.74. The number of rotatable bonds is 2. The second-order valence-electron chi connectivity index (χ2n) is 5.77. The standard InChI is InChI=1S/C18H18N4O/c1-12-17-13(6-8-19-12)4-3-5-16(17)22-9-7-14-10-20-18(23-2)21-15(14)11-22/h3-6,8,10H,7,9,11H2,1-2H3. The van der Waals surface area contributed by atoms with Crippen LogP contribution in [0, 0.1) is 6.92 Å². The first-order chi connectivity index (χ1) is 11.3. The molecule has 0 fully saturated rings. The summed E-state index contributed by atoms with van der Waals surface area (Å²) in [5, 5.41) is 2.44. The van der Waals surface area contributed by atoms with E-state index in [0.717, 1.165) is 30.9 Å². The van der Waals surface area contributed by atoms with Crippen molar-refractivity contribution in [1.82, 2.24) is 15.0 Å². The van der Waals surface area contributed by atoms with Gasteiger partial charge in [0.25, 0.3) is 0 Å². The Bertz CT molecular complexity index is 873. The summed E-state index contributed by atoms with van der Waals surface area (Å²) in [7, 11) is 1.60. The zero-order valence-corrected chi connectivity index (χ0v) is 13.3. The summed E-state index contributed by atoms with van der Waals surface area (Å²) in [4.78, 5) is 15.6. The Kier molecular flexibility index (Phi) is 3.33. The Morgan fingerprint density at radius 1 is 1.17 bits per heavy atom. The van der Waals surface area contributed by atoms with Crippen LogP contribution in [0.25, 0.3) is 10.8 Å². The van der Waals surface area contributed by atoms with E-state index in [4.69, 9.17) is 4.74 Å². The Balaban J connectivity index is 1.78. The molecule has 1 aliphatic heterocycles. The molecular formula is C18H18N4O. The van der Waals surface area contributed by atoms with Crippen LogP contribution in [0.2, 0.25) is 0 Å². The highest BCUT2D eigenvalue weighted by Crippen LogP contribution is 2.31. The number of nitrogens with zero attached hydrogens (tertiary/aromatic N) is 4. The highest BCUT2D eigenvalue weighted by atomic mass is 16.5. The molecule has 0 radical (unpaired) electrons. The molecule has 0 spiro atoms. The molecule has 5 heteroatoms. The molecule has 0 atom stereocenters. The van der Waals surface area contributed by atoms with Gasteiger partial charge in [-0.15, -0.1) is 0 Å². The van der Waals surface area contributed by atoms with Crippen molar-refractivity contribution < 1.29 is 4.74 Å². The second-order valence-corrected chi connectivity index (χ2v) is 5.77. The Morgan fingerprint density at radius 3 is 2.96 bits per heavy atom. The van der Waals surface area contributed by atoms with E-state index in [2.05, 4.69) is 51.0 Å². The monoisotopic (exact) mass is 306 g/mol. The number of benzene rings is 1. The lowest BCUT2D eigenvalue weighted by Crippen LogP contribution is -2.31. The van der Waals surface area contributed by atoms with Gasteiger partial charge in [0.1, 0.15) is 0 Å². The maximum Gasteiger partial charge on any atom is 0.316 e. The van der Waals surface area contributed by atoms with Crippen molar-refractivity contribution in [2.24, 2.45) is 0 Å². The quantitative estimate of drug-likeness (QED) is 0.728. The summed E-state index contributed by atoms with van der Waals surface area (Å²) in [6.45, 7) is 3.78. The Labute approximate surface area is 135 Å². The Morgan fingerprint density at radius 2 is 2.09 bits per heavy atom. The van der Waals surface area contributed by atoms with Gasteiger partial charge in [0, 0.05) is 35.7 Å². The van der Waals surface area contributed by atoms with Gasteiger partial charge in [-0.1, -0.05) is 12.1 Å². The van der Waals surface area contributed by atoms with Crippen LogP contribution in [-0.2, 0) is 13.0 Å². The van der Waals surface area contributed by atoms with Gasteiger partial charge in [0.15, 0.2) is 0 Å². The molecule has 0 saturated heterocycles. The van der Waals surface area contributed by atoms with E-state index in [1.165, 1.54) is 22.0 Å². The lowest BCUT2D eigenvalue weighted by molar-refractivity contribution is 0.376. The van der Waals surface area contributed by atoms with E-state index >= 15 is 0 Å². The molecule has 1 aliphatic rings. The van der Waals surface area contributed by atoms with Gasteiger partial charge in [-0.3, -0.25) is 4.98 Å². The van der Waals surface area contributed by atoms with Gasteiger partial charge < -0.3 is 9.64 Å². The molecule has 2 aromatic heterocycles. The van der Waals surface area contributed by atoms with E-state index in [-0.39, 0.29) is 0 Å². The molecule has 0 N–H and O–H groups in total. The molecular weight excluding hydrogens is 288 g/mol. The first kappa shape index (κ1) is 13.9. The first-order valence-electron chi connectivity index (χ1n) is 7.74. The second kappa shape index (κ2) is 5.50. The van der Waals surface area contributed by atoms with Gasteiger partial charge in [-0.05, 0) is 36.4 Å². The molecule has 23 heavy (non-hydrogen) atoms. The van der Waals surface area contributed by atoms with Crippen LogP contribution in [0.15, 0.2) is 36.7 Å². The van der Waals surface area contributed by atoms with E-state index in [1.807, 2.05) is 12.4 Å². The third-order valence-corrected chi connectivity index (χ3v) is 4.41. The van der Waals surface area contributed by atoms with Gasteiger partial charge in [-0.25, -0.2) is 4.98 Å². The smallest absolute Gasteiger partial charge is 0.316 e. The Hall–Kier alpha value is -2.69.